The first-order chi connectivity index (χ1) is 12.6. The van der Waals surface area contributed by atoms with Gasteiger partial charge in [-0.2, -0.15) is 5.26 Å². The van der Waals surface area contributed by atoms with Crippen LogP contribution in [0.5, 0.6) is 5.75 Å². The molecular weight excluding hydrogens is 326 g/mol. The van der Waals surface area contributed by atoms with Crippen molar-refractivity contribution >= 4 is 16.8 Å². The third-order valence-corrected chi connectivity index (χ3v) is 4.46. The summed E-state index contributed by atoms with van der Waals surface area (Å²) in [7, 11) is 1.62. The summed E-state index contributed by atoms with van der Waals surface area (Å²) < 4.78 is 7.43. The van der Waals surface area contributed by atoms with Crippen LogP contribution in [0.3, 0.4) is 0 Å². The first-order valence-electron chi connectivity index (χ1n) is 8.63. The molecule has 5 heteroatoms. The Morgan fingerprint density at radius 1 is 1.19 bits per heavy atom. The molecule has 0 aliphatic rings. The van der Waals surface area contributed by atoms with Crippen LogP contribution in [0.25, 0.3) is 22.2 Å². The molecule has 3 aromatic rings. The number of nitrogens with zero attached hydrogens (tertiary/aromatic N) is 2. The van der Waals surface area contributed by atoms with E-state index in [0.29, 0.717) is 17.7 Å². The number of carbonyl (C=O) groups is 1. The van der Waals surface area contributed by atoms with E-state index in [1.807, 2.05) is 37.3 Å². The van der Waals surface area contributed by atoms with Crippen LogP contribution in [0.2, 0.25) is 0 Å². The Labute approximate surface area is 152 Å². The Morgan fingerprint density at radius 2 is 1.92 bits per heavy atom. The molecule has 0 saturated carbocycles. The van der Waals surface area contributed by atoms with Crippen molar-refractivity contribution in [1.82, 2.24) is 9.88 Å². The number of aryl methyl sites for hydroxylation is 1. The van der Waals surface area contributed by atoms with Crippen LogP contribution < -0.4 is 10.1 Å². The molecular formula is C21H21N3O2. The second-order valence-corrected chi connectivity index (χ2v) is 5.90. The van der Waals surface area contributed by atoms with E-state index in [-0.39, 0.29) is 5.91 Å². The number of ether oxygens (including phenoxy) is 1. The Morgan fingerprint density at radius 3 is 2.50 bits per heavy atom. The molecule has 1 amide bonds. The van der Waals surface area contributed by atoms with Gasteiger partial charge in [0.1, 0.15) is 11.8 Å². The summed E-state index contributed by atoms with van der Waals surface area (Å²) in [5.41, 5.74) is 3.99. The highest BCUT2D eigenvalue weighted by atomic mass is 16.5. The van der Waals surface area contributed by atoms with Gasteiger partial charge in [0, 0.05) is 24.0 Å². The van der Waals surface area contributed by atoms with Gasteiger partial charge in [0.15, 0.2) is 0 Å². The van der Waals surface area contributed by atoms with Crippen LogP contribution in [-0.2, 0) is 6.54 Å². The minimum atomic E-state index is -0.0969. The van der Waals surface area contributed by atoms with E-state index in [1.165, 1.54) is 0 Å². The SMILES string of the molecule is CCNC(=O)c1ccc(-c2c(C#N)c3cc(OC)ccc3n2CC)cc1. The number of fused-ring (bicyclic) bond motifs is 1. The third-order valence-electron chi connectivity index (χ3n) is 4.46. The van der Waals surface area contributed by atoms with E-state index in [2.05, 4.69) is 22.9 Å². The van der Waals surface area contributed by atoms with Crippen molar-refractivity contribution < 1.29 is 9.53 Å². The largest absolute Gasteiger partial charge is 0.497 e. The zero-order valence-electron chi connectivity index (χ0n) is 15.2. The minimum absolute atomic E-state index is 0.0969. The van der Waals surface area contributed by atoms with Crippen molar-refractivity contribution in [2.45, 2.75) is 20.4 Å². The van der Waals surface area contributed by atoms with E-state index < -0.39 is 0 Å². The molecule has 1 heterocycles. The number of amides is 1. The minimum Gasteiger partial charge on any atom is -0.497 e. The molecule has 0 saturated heterocycles. The normalized spacial score (nSPS) is 10.5. The van der Waals surface area contributed by atoms with Crippen LogP contribution in [-0.4, -0.2) is 24.1 Å². The number of aromatic nitrogens is 1. The number of nitriles is 1. The van der Waals surface area contributed by atoms with Crippen LogP contribution in [0.1, 0.15) is 29.8 Å². The summed E-state index contributed by atoms with van der Waals surface area (Å²) in [5.74, 6) is 0.626. The lowest BCUT2D eigenvalue weighted by Crippen LogP contribution is -2.22. The molecule has 0 bridgehead atoms. The highest BCUT2D eigenvalue weighted by Crippen LogP contribution is 2.35. The van der Waals surface area contributed by atoms with Crippen molar-refractivity contribution in [3.63, 3.8) is 0 Å². The van der Waals surface area contributed by atoms with Gasteiger partial charge in [0.2, 0.25) is 0 Å². The summed E-state index contributed by atoms with van der Waals surface area (Å²) >= 11 is 0. The first-order valence-corrected chi connectivity index (χ1v) is 8.63. The maximum absolute atomic E-state index is 12.0. The maximum Gasteiger partial charge on any atom is 0.251 e. The summed E-state index contributed by atoms with van der Waals surface area (Å²) in [4.78, 5) is 12.0. The summed E-state index contributed by atoms with van der Waals surface area (Å²) in [6, 6.07) is 15.5. The molecule has 132 valence electrons. The van der Waals surface area contributed by atoms with Gasteiger partial charge in [-0.1, -0.05) is 12.1 Å². The van der Waals surface area contributed by atoms with Gasteiger partial charge >= 0.3 is 0 Å². The molecule has 1 N–H and O–H groups in total. The molecule has 0 radical (unpaired) electrons. The quantitative estimate of drug-likeness (QED) is 0.760. The second kappa shape index (κ2) is 7.32. The van der Waals surface area contributed by atoms with E-state index in [4.69, 9.17) is 4.74 Å². The van der Waals surface area contributed by atoms with Gasteiger partial charge in [-0.25, -0.2) is 0 Å². The molecule has 5 nitrogen and oxygen atoms in total. The van der Waals surface area contributed by atoms with Crippen molar-refractivity contribution in [3.8, 4) is 23.1 Å². The molecule has 0 aliphatic carbocycles. The van der Waals surface area contributed by atoms with E-state index in [9.17, 15) is 10.1 Å². The lowest BCUT2D eigenvalue weighted by molar-refractivity contribution is 0.0956. The van der Waals surface area contributed by atoms with Gasteiger partial charge < -0.3 is 14.6 Å². The number of carbonyl (C=O) groups excluding carboxylic acids is 1. The highest BCUT2D eigenvalue weighted by molar-refractivity contribution is 5.97. The molecule has 3 rings (SSSR count). The van der Waals surface area contributed by atoms with E-state index in [0.717, 1.165) is 34.5 Å². The lowest BCUT2D eigenvalue weighted by Gasteiger charge is -2.09. The lowest BCUT2D eigenvalue weighted by atomic mass is 10.0. The summed E-state index contributed by atoms with van der Waals surface area (Å²) in [6.07, 6.45) is 0. The average molecular weight is 347 g/mol. The zero-order chi connectivity index (χ0) is 18.7. The standard InChI is InChI=1S/C21H21N3O2/c1-4-23-21(25)15-8-6-14(7-9-15)20-18(13-22)17-12-16(26-3)10-11-19(17)24(20)5-2/h6-12H,4-5H2,1-3H3,(H,23,25). The summed E-state index contributed by atoms with van der Waals surface area (Å²) in [5, 5.41) is 13.5. The van der Waals surface area contributed by atoms with Gasteiger partial charge in [-0.15, -0.1) is 0 Å². The molecule has 2 aromatic carbocycles. The number of nitrogens with one attached hydrogen (secondary N) is 1. The topological polar surface area (TPSA) is 67.1 Å². The highest BCUT2D eigenvalue weighted by Gasteiger charge is 2.18. The van der Waals surface area contributed by atoms with Gasteiger partial charge in [-0.05, 0) is 49.7 Å². The molecule has 0 fully saturated rings. The number of benzene rings is 2. The van der Waals surface area contributed by atoms with Gasteiger partial charge in [-0.3, -0.25) is 4.79 Å². The molecule has 0 atom stereocenters. The average Bonchev–Trinajstić information content (AvgIpc) is 3.00. The van der Waals surface area contributed by atoms with Gasteiger partial charge in [0.05, 0.1) is 23.9 Å². The Balaban J connectivity index is 2.18. The number of methoxy groups -OCH3 is 1. The Bertz CT molecular complexity index is 995. The fourth-order valence-corrected chi connectivity index (χ4v) is 3.24. The Kier molecular flexibility index (Phi) is 4.94. The molecule has 0 unspecified atom stereocenters. The van der Waals surface area contributed by atoms with Crippen molar-refractivity contribution in [2.24, 2.45) is 0 Å². The zero-order valence-corrected chi connectivity index (χ0v) is 15.2. The third kappa shape index (κ3) is 2.91. The van der Waals surface area contributed by atoms with Crippen LogP contribution in [0.15, 0.2) is 42.5 Å². The van der Waals surface area contributed by atoms with E-state index in [1.54, 1.807) is 19.2 Å². The predicted octanol–water partition coefficient (Wildman–Crippen LogP) is 3.96. The maximum atomic E-state index is 12.0. The van der Waals surface area contributed by atoms with Gasteiger partial charge in [0.25, 0.3) is 5.91 Å². The molecule has 26 heavy (non-hydrogen) atoms. The molecule has 1 aromatic heterocycles. The van der Waals surface area contributed by atoms with E-state index >= 15 is 0 Å². The fourth-order valence-electron chi connectivity index (χ4n) is 3.24. The predicted molar refractivity (Wildman–Crippen MR) is 102 cm³/mol. The number of rotatable bonds is 5. The first kappa shape index (κ1) is 17.6. The molecule has 0 spiro atoms. The Hall–Kier alpha value is -3.26. The molecule has 0 aliphatic heterocycles. The van der Waals surface area contributed by atoms with Crippen molar-refractivity contribution in [1.29, 1.82) is 5.26 Å². The summed E-state index contributed by atoms with van der Waals surface area (Å²) in [6.45, 7) is 5.26. The number of hydrogen-bond donors (Lipinski definition) is 1. The second-order valence-electron chi connectivity index (χ2n) is 5.90. The van der Waals surface area contributed by atoms with Crippen LogP contribution >= 0.6 is 0 Å². The van der Waals surface area contributed by atoms with Crippen LogP contribution in [0, 0.1) is 11.3 Å². The smallest absolute Gasteiger partial charge is 0.251 e. The van der Waals surface area contributed by atoms with Crippen molar-refractivity contribution in [3.05, 3.63) is 53.6 Å². The fraction of sp³-hybridized carbons (Fsp3) is 0.238. The van der Waals surface area contributed by atoms with Crippen molar-refractivity contribution in [2.75, 3.05) is 13.7 Å². The monoisotopic (exact) mass is 347 g/mol. The van der Waals surface area contributed by atoms with Crippen LogP contribution in [0.4, 0.5) is 0 Å². The number of hydrogen-bond acceptors (Lipinski definition) is 3.